The zero-order valence-electron chi connectivity index (χ0n) is 17.0. The maximum Gasteiger partial charge on any atom is 0.293 e. The van der Waals surface area contributed by atoms with Gasteiger partial charge in [0.25, 0.3) is 6.47 Å². The Labute approximate surface area is 168 Å². The lowest BCUT2D eigenvalue weighted by Crippen LogP contribution is -1.93. The number of aldehydes is 1. The van der Waals surface area contributed by atoms with Crippen molar-refractivity contribution in [3.05, 3.63) is 11.8 Å². The lowest BCUT2D eigenvalue weighted by molar-refractivity contribution is -0.128. The van der Waals surface area contributed by atoms with Crippen LogP contribution in [0.1, 0.15) is 53.9 Å². The molecule has 1 rings (SSSR count). The number of anilines is 1. The normalized spacial score (nSPS) is 8.21. The summed E-state index contributed by atoms with van der Waals surface area (Å²) in [5.74, 6) is 0.299. The second-order valence-electron chi connectivity index (χ2n) is 4.40. The topological polar surface area (TPSA) is 225 Å². The highest BCUT2D eigenvalue weighted by Gasteiger charge is 1.97. The molecular formula is C17H35N7O4. The first-order chi connectivity index (χ1) is 13.0. The molecule has 0 saturated heterocycles. The van der Waals surface area contributed by atoms with Crippen LogP contribution in [0.3, 0.4) is 0 Å². The SMILES string of the molecule is CCC(C#N)C=O.CCCC#N.CCOC=O.CCc1cn[nH]c1N.N=N.O.[HH]. The van der Waals surface area contributed by atoms with Gasteiger partial charge in [-0.1, -0.05) is 20.8 Å². The zero-order chi connectivity index (χ0) is 21.9. The number of ether oxygens (including phenoxy) is 1. The van der Waals surface area contributed by atoms with Crippen LogP contribution >= 0.6 is 0 Å². The maximum atomic E-state index is 9.74. The predicted molar refractivity (Wildman–Crippen MR) is 107 cm³/mol. The molecule has 0 bridgehead atoms. The molecule has 0 fully saturated rings. The number of nitrogens with zero attached hydrogens (tertiary/aromatic N) is 3. The van der Waals surface area contributed by atoms with E-state index in [1.807, 2.05) is 32.9 Å². The van der Waals surface area contributed by atoms with Crippen molar-refractivity contribution in [2.45, 2.75) is 53.4 Å². The summed E-state index contributed by atoms with van der Waals surface area (Å²) in [7, 11) is 0. The van der Waals surface area contributed by atoms with Gasteiger partial charge in [0.15, 0.2) is 0 Å². The number of unbranched alkanes of at least 4 members (excludes halogenated alkanes) is 1. The fraction of sp³-hybridized carbons (Fsp3) is 0.588. The molecule has 0 aromatic carbocycles. The summed E-state index contributed by atoms with van der Waals surface area (Å²) in [5, 5.41) is 22.3. The number of hydrogen-bond acceptors (Lipinski definition) is 9. The van der Waals surface area contributed by atoms with Crippen molar-refractivity contribution in [2.75, 3.05) is 12.3 Å². The molecule has 0 aliphatic rings. The number of hydrogen-bond donors (Lipinski definition) is 4. The molecular weight excluding hydrogens is 366 g/mol. The number of aryl methyl sites for hydroxylation is 1. The minimum absolute atomic E-state index is 0. The van der Waals surface area contributed by atoms with E-state index in [9.17, 15) is 9.59 Å². The maximum absolute atomic E-state index is 9.74. The van der Waals surface area contributed by atoms with E-state index >= 15 is 0 Å². The summed E-state index contributed by atoms with van der Waals surface area (Å²) in [5.41, 5.74) is 16.5. The Bertz CT molecular complexity index is 531. The van der Waals surface area contributed by atoms with E-state index in [0.717, 1.165) is 18.4 Å². The number of nitriles is 2. The van der Waals surface area contributed by atoms with E-state index < -0.39 is 0 Å². The Morgan fingerprint density at radius 1 is 1.32 bits per heavy atom. The Morgan fingerprint density at radius 2 is 1.89 bits per heavy atom. The monoisotopic (exact) mass is 401 g/mol. The van der Waals surface area contributed by atoms with Gasteiger partial charge in [0.1, 0.15) is 18.0 Å². The summed E-state index contributed by atoms with van der Waals surface area (Å²) in [6, 6.07) is 3.85. The molecule has 28 heavy (non-hydrogen) atoms. The van der Waals surface area contributed by atoms with Crippen LogP contribution < -0.4 is 5.73 Å². The minimum Gasteiger partial charge on any atom is -0.468 e. The third-order valence-corrected chi connectivity index (χ3v) is 2.50. The van der Waals surface area contributed by atoms with Gasteiger partial charge >= 0.3 is 0 Å². The molecule has 162 valence electrons. The van der Waals surface area contributed by atoms with Gasteiger partial charge in [-0.15, -0.1) is 0 Å². The van der Waals surface area contributed by atoms with Gasteiger partial charge in [0, 0.05) is 13.4 Å². The molecule has 1 aromatic rings. The Hall–Kier alpha value is -3.31. The lowest BCUT2D eigenvalue weighted by atomic mass is 10.1. The van der Waals surface area contributed by atoms with Gasteiger partial charge in [-0.25, -0.2) is 11.1 Å². The zero-order valence-corrected chi connectivity index (χ0v) is 17.0. The van der Waals surface area contributed by atoms with Crippen molar-refractivity contribution in [3.63, 3.8) is 0 Å². The predicted octanol–water partition coefficient (Wildman–Crippen LogP) is 2.80. The summed E-state index contributed by atoms with van der Waals surface area (Å²) in [6.07, 6.45) is 5.66. The quantitative estimate of drug-likeness (QED) is 0.411. The number of rotatable bonds is 6. The molecule has 11 heteroatoms. The van der Waals surface area contributed by atoms with Crippen molar-refractivity contribution in [3.8, 4) is 12.1 Å². The number of nitrogens with two attached hydrogens (primary N) is 1. The first-order valence-electron chi connectivity index (χ1n) is 8.32. The fourth-order valence-corrected chi connectivity index (χ4v) is 1.00. The van der Waals surface area contributed by atoms with Crippen LogP contribution in [0, 0.1) is 39.6 Å². The van der Waals surface area contributed by atoms with E-state index in [1.54, 1.807) is 13.1 Å². The molecule has 7 N–H and O–H groups in total. The van der Waals surface area contributed by atoms with Crippen molar-refractivity contribution in [1.29, 1.82) is 21.6 Å². The average Bonchev–Trinajstić information content (AvgIpc) is 3.13. The van der Waals surface area contributed by atoms with Crippen LogP contribution in [0.2, 0.25) is 0 Å². The third kappa shape index (κ3) is 30.6. The molecule has 11 nitrogen and oxygen atoms in total. The summed E-state index contributed by atoms with van der Waals surface area (Å²) >= 11 is 0. The van der Waals surface area contributed by atoms with Crippen LogP contribution in [-0.4, -0.2) is 35.0 Å². The minimum atomic E-state index is -0.389. The highest BCUT2D eigenvalue weighted by atomic mass is 16.5. The van der Waals surface area contributed by atoms with Crippen LogP contribution in [-0.2, 0) is 20.7 Å². The Morgan fingerprint density at radius 3 is 1.96 bits per heavy atom. The third-order valence-electron chi connectivity index (χ3n) is 2.50. The van der Waals surface area contributed by atoms with Gasteiger partial charge in [0.2, 0.25) is 0 Å². The van der Waals surface area contributed by atoms with Crippen molar-refractivity contribution < 1.29 is 21.2 Å². The molecule has 0 radical (unpaired) electrons. The van der Waals surface area contributed by atoms with Gasteiger partial charge < -0.3 is 20.7 Å². The second-order valence-corrected chi connectivity index (χ2v) is 4.40. The van der Waals surface area contributed by atoms with Crippen LogP contribution in [0.15, 0.2) is 6.20 Å². The van der Waals surface area contributed by atoms with E-state index in [1.165, 1.54) is 0 Å². The van der Waals surface area contributed by atoms with Gasteiger partial charge in [-0.3, -0.25) is 9.89 Å². The number of aromatic nitrogens is 2. The Balaban J connectivity index is -0.0000000589. The molecule has 0 amide bonds. The second kappa shape index (κ2) is 34.9. The van der Waals surface area contributed by atoms with Crippen LogP contribution in [0.25, 0.3) is 0 Å². The molecule has 1 heterocycles. The first-order valence-corrected chi connectivity index (χ1v) is 8.32. The summed E-state index contributed by atoms with van der Waals surface area (Å²) in [6.45, 7) is 8.50. The smallest absolute Gasteiger partial charge is 0.293 e. The number of H-pyrrole nitrogens is 1. The van der Waals surface area contributed by atoms with Crippen LogP contribution in [0.4, 0.5) is 5.82 Å². The van der Waals surface area contributed by atoms with E-state index in [4.69, 9.17) is 27.3 Å². The summed E-state index contributed by atoms with van der Waals surface area (Å²) < 4.78 is 4.15. The summed E-state index contributed by atoms with van der Waals surface area (Å²) in [4.78, 5) is 18.9. The molecule has 0 aliphatic carbocycles. The van der Waals surface area contributed by atoms with Gasteiger partial charge in [-0.2, -0.15) is 15.6 Å². The molecule has 0 saturated carbocycles. The number of nitrogen functional groups attached to an aromatic ring is 1. The van der Waals surface area contributed by atoms with Crippen LogP contribution in [0.5, 0.6) is 0 Å². The molecule has 0 spiro atoms. The van der Waals surface area contributed by atoms with Crippen molar-refractivity contribution >= 4 is 18.6 Å². The molecule has 1 aromatic heterocycles. The van der Waals surface area contributed by atoms with E-state index in [2.05, 4.69) is 14.9 Å². The van der Waals surface area contributed by atoms with E-state index in [-0.39, 0.29) is 12.8 Å². The lowest BCUT2D eigenvalue weighted by Gasteiger charge is -1.86. The highest BCUT2D eigenvalue weighted by Crippen LogP contribution is 2.04. The first kappa shape index (κ1) is 35.7. The Kier molecular flexibility index (Phi) is 44.6. The van der Waals surface area contributed by atoms with Crippen molar-refractivity contribution in [2.24, 2.45) is 5.92 Å². The molecule has 1 unspecified atom stereocenters. The molecule has 0 aliphatic heterocycles. The average molecular weight is 402 g/mol. The number of aromatic amines is 1. The highest BCUT2D eigenvalue weighted by molar-refractivity contribution is 5.57. The van der Waals surface area contributed by atoms with Gasteiger partial charge in [-0.05, 0) is 26.2 Å². The van der Waals surface area contributed by atoms with Crippen molar-refractivity contribution in [1.82, 2.24) is 10.2 Å². The van der Waals surface area contributed by atoms with Gasteiger partial charge in [0.05, 0.1) is 24.9 Å². The standard InChI is InChI=1S/C5H9N3.C5H7NO.C4H7N.C3H6O2.H2N2.H2O.H2/c1-2-4-3-7-8-5(4)6;1-2-5(3-6)4-7;1-2-3-4-5;1-2-5-3-4;1-2;;/h3H,2H2,1H3,(H3,6,7,8);4-5H,2H2,1H3;2-3H2,1H3;3H,2H2,1H3;1-2H;1H2;1H. The molecule has 1 atom stereocenters. The fourth-order valence-electron chi connectivity index (χ4n) is 1.00. The van der Waals surface area contributed by atoms with E-state index in [0.29, 0.717) is 38.0 Å². The number of carbonyl (C=O) groups excluding carboxylic acids is 2. The number of carbonyl (C=O) groups is 2. The number of nitrogens with one attached hydrogen (secondary N) is 3. The largest absolute Gasteiger partial charge is 0.468 e.